The standard InChI is InChI=1S/C25H27N3O2S/c1-3-27(4-2)15-16-28(25-26-22-11-7-8-12-23(22)31-25)24(29)18-30-21-14-13-19-9-5-6-10-20(19)17-21/h5-14,17H,3-4,15-16,18H2,1-2H3. The summed E-state index contributed by atoms with van der Waals surface area (Å²) in [6.07, 6.45) is 0. The normalized spacial score (nSPS) is 11.3. The maximum Gasteiger partial charge on any atom is 0.266 e. The minimum Gasteiger partial charge on any atom is -0.484 e. The van der Waals surface area contributed by atoms with Crippen molar-refractivity contribution in [3.63, 3.8) is 0 Å². The van der Waals surface area contributed by atoms with Crippen molar-refractivity contribution in [3.05, 3.63) is 66.7 Å². The van der Waals surface area contributed by atoms with Gasteiger partial charge < -0.3 is 9.64 Å². The molecule has 160 valence electrons. The molecule has 0 atom stereocenters. The maximum atomic E-state index is 13.2. The van der Waals surface area contributed by atoms with E-state index >= 15 is 0 Å². The molecule has 0 spiro atoms. The summed E-state index contributed by atoms with van der Waals surface area (Å²) in [5.74, 6) is 0.611. The fourth-order valence-corrected chi connectivity index (χ4v) is 4.57. The van der Waals surface area contributed by atoms with Crippen molar-refractivity contribution in [2.75, 3.05) is 37.7 Å². The molecule has 4 rings (SSSR count). The molecule has 1 aromatic heterocycles. The number of para-hydroxylation sites is 1. The predicted octanol–water partition coefficient (Wildman–Crippen LogP) is 5.20. The van der Waals surface area contributed by atoms with Crippen molar-refractivity contribution in [1.82, 2.24) is 9.88 Å². The lowest BCUT2D eigenvalue weighted by atomic mass is 10.1. The zero-order valence-corrected chi connectivity index (χ0v) is 18.8. The first-order valence-corrected chi connectivity index (χ1v) is 11.5. The second-order valence-electron chi connectivity index (χ2n) is 7.33. The molecule has 0 aliphatic heterocycles. The Balaban J connectivity index is 1.52. The zero-order valence-electron chi connectivity index (χ0n) is 18.0. The van der Waals surface area contributed by atoms with Gasteiger partial charge in [-0.3, -0.25) is 9.69 Å². The molecule has 3 aromatic carbocycles. The van der Waals surface area contributed by atoms with E-state index in [2.05, 4.69) is 24.8 Å². The van der Waals surface area contributed by atoms with Gasteiger partial charge in [-0.05, 0) is 48.1 Å². The number of aromatic nitrogens is 1. The van der Waals surface area contributed by atoms with Gasteiger partial charge in [-0.15, -0.1) is 0 Å². The number of ether oxygens (including phenoxy) is 1. The van der Waals surface area contributed by atoms with Crippen molar-refractivity contribution in [2.45, 2.75) is 13.8 Å². The van der Waals surface area contributed by atoms with Crippen LogP contribution >= 0.6 is 11.3 Å². The molecule has 31 heavy (non-hydrogen) atoms. The van der Waals surface area contributed by atoms with Crippen LogP contribution in [0.4, 0.5) is 5.13 Å². The van der Waals surface area contributed by atoms with E-state index in [1.54, 1.807) is 16.2 Å². The van der Waals surface area contributed by atoms with Gasteiger partial charge in [0.05, 0.1) is 10.2 Å². The van der Waals surface area contributed by atoms with E-state index in [4.69, 9.17) is 9.72 Å². The first-order chi connectivity index (χ1) is 15.2. The Hall–Kier alpha value is -2.96. The van der Waals surface area contributed by atoms with E-state index in [0.29, 0.717) is 12.3 Å². The molecular formula is C25H27N3O2S. The maximum absolute atomic E-state index is 13.2. The number of thiazole rings is 1. The van der Waals surface area contributed by atoms with Gasteiger partial charge in [0.1, 0.15) is 5.75 Å². The smallest absolute Gasteiger partial charge is 0.266 e. The van der Waals surface area contributed by atoms with Gasteiger partial charge in [-0.25, -0.2) is 4.98 Å². The molecule has 0 saturated heterocycles. The van der Waals surface area contributed by atoms with Crippen LogP contribution in [0.25, 0.3) is 21.0 Å². The monoisotopic (exact) mass is 433 g/mol. The number of anilines is 1. The molecule has 0 bridgehead atoms. The van der Waals surface area contributed by atoms with Gasteiger partial charge in [-0.2, -0.15) is 0 Å². The van der Waals surface area contributed by atoms with Crippen LogP contribution in [0, 0.1) is 0 Å². The number of carbonyl (C=O) groups excluding carboxylic acids is 1. The molecule has 5 nitrogen and oxygen atoms in total. The number of rotatable bonds is 9. The Kier molecular flexibility index (Phi) is 6.79. The summed E-state index contributed by atoms with van der Waals surface area (Å²) in [7, 11) is 0. The third kappa shape index (κ3) is 5.03. The number of hydrogen-bond acceptors (Lipinski definition) is 5. The quantitative estimate of drug-likeness (QED) is 0.364. The largest absolute Gasteiger partial charge is 0.484 e. The number of carbonyl (C=O) groups is 1. The van der Waals surface area contributed by atoms with Crippen LogP contribution in [0.3, 0.4) is 0 Å². The molecule has 0 fully saturated rings. The van der Waals surface area contributed by atoms with Gasteiger partial charge in [0, 0.05) is 13.1 Å². The Labute approximate surface area is 186 Å². The van der Waals surface area contributed by atoms with Crippen LogP contribution in [0.5, 0.6) is 5.75 Å². The summed E-state index contributed by atoms with van der Waals surface area (Å²) >= 11 is 1.54. The Morgan fingerprint density at radius 3 is 2.45 bits per heavy atom. The van der Waals surface area contributed by atoms with Gasteiger partial charge in [-0.1, -0.05) is 67.6 Å². The van der Waals surface area contributed by atoms with Crippen LogP contribution < -0.4 is 9.64 Å². The third-order valence-electron chi connectivity index (χ3n) is 5.43. The molecular weight excluding hydrogens is 406 g/mol. The number of hydrogen-bond donors (Lipinski definition) is 0. The van der Waals surface area contributed by atoms with Gasteiger partial charge in [0.15, 0.2) is 11.7 Å². The van der Waals surface area contributed by atoms with E-state index in [0.717, 1.165) is 45.8 Å². The molecule has 0 unspecified atom stereocenters. The lowest BCUT2D eigenvalue weighted by molar-refractivity contribution is -0.120. The molecule has 0 saturated carbocycles. The second kappa shape index (κ2) is 9.90. The minimum absolute atomic E-state index is 0.0213. The van der Waals surface area contributed by atoms with Gasteiger partial charge >= 0.3 is 0 Å². The van der Waals surface area contributed by atoms with E-state index in [1.807, 2.05) is 60.7 Å². The molecule has 1 amide bonds. The van der Waals surface area contributed by atoms with Crippen LogP contribution in [0.15, 0.2) is 66.7 Å². The van der Waals surface area contributed by atoms with Crippen molar-refractivity contribution in [1.29, 1.82) is 0 Å². The summed E-state index contributed by atoms with van der Waals surface area (Å²) in [5.41, 5.74) is 0.915. The van der Waals surface area contributed by atoms with Gasteiger partial charge in [0.25, 0.3) is 5.91 Å². The highest BCUT2D eigenvalue weighted by molar-refractivity contribution is 7.22. The van der Waals surface area contributed by atoms with E-state index in [1.165, 1.54) is 0 Å². The summed E-state index contributed by atoms with van der Waals surface area (Å²) < 4.78 is 6.96. The molecule has 6 heteroatoms. The molecule has 1 heterocycles. The number of amides is 1. The fraction of sp³-hybridized carbons (Fsp3) is 0.280. The lowest BCUT2D eigenvalue weighted by Gasteiger charge is -2.24. The SMILES string of the molecule is CCN(CC)CCN(C(=O)COc1ccc2ccccc2c1)c1nc2ccccc2s1. The van der Waals surface area contributed by atoms with Crippen LogP contribution in [0.1, 0.15) is 13.8 Å². The molecule has 4 aromatic rings. The average Bonchev–Trinajstić information content (AvgIpc) is 3.24. The molecule has 0 N–H and O–H groups in total. The highest BCUT2D eigenvalue weighted by atomic mass is 32.1. The molecule has 0 aliphatic rings. The van der Waals surface area contributed by atoms with Crippen LogP contribution in [-0.2, 0) is 4.79 Å². The highest BCUT2D eigenvalue weighted by Gasteiger charge is 2.21. The first kappa shape index (κ1) is 21.3. The third-order valence-corrected chi connectivity index (χ3v) is 6.49. The zero-order chi connectivity index (χ0) is 21.6. The van der Waals surface area contributed by atoms with E-state index in [-0.39, 0.29) is 12.5 Å². The van der Waals surface area contributed by atoms with Crippen LogP contribution in [0.2, 0.25) is 0 Å². The summed E-state index contributed by atoms with van der Waals surface area (Å²) in [6.45, 7) is 7.53. The summed E-state index contributed by atoms with van der Waals surface area (Å²) in [6, 6.07) is 22.0. The molecule has 0 radical (unpaired) electrons. The number of nitrogens with zero attached hydrogens (tertiary/aromatic N) is 3. The van der Waals surface area contributed by atoms with Crippen molar-refractivity contribution in [2.24, 2.45) is 0 Å². The predicted molar refractivity (Wildman–Crippen MR) is 129 cm³/mol. The summed E-state index contributed by atoms with van der Waals surface area (Å²) in [4.78, 5) is 22.0. The van der Waals surface area contributed by atoms with E-state index < -0.39 is 0 Å². The topological polar surface area (TPSA) is 45.7 Å². The molecule has 0 aliphatic carbocycles. The Bertz CT molecular complexity index is 1140. The van der Waals surface area contributed by atoms with E-state index in [9.17, 15) is 4.79 Å². The Morgan fingerprint density at radius 1 is 0.935 bits per heavy atom. The van der Waals surface area contributed by atoms with Gasteiger partial charge in [0.2, 0.25) is 0 Å². The van der Waals surface area contributed by atoms with Crippen molar-refractivity contribution in [3.8, 4) is 5.75 Å². The number of benzene rings is 3. The summed E-state index contributed by atoms with van der Waals surface area (Å²) in [5, 5.41) is 2.97. The number of fused-ring (bicyclic) bond motifs is 2. The van der Waals surface area contributed by atoms with Crippen molar-refractivity contribution >= 4 is 43.4 Å². The first-order valence-electron chi connectivity index (χ1n) is 10.7. The van der Waals surface area contributed by atoms with Crippen LogP contribution in [-0.4, -0.2) is 48.6 Å². The average molecular weight is 434 g/mol. The lowest BCUT2D eigenvalue weighted by Crippen LogP contribution is -2.41. The Morgan fingerprint density at radius 2 is 1.68 bits per heavy atom. The number of likely N-dealkylation sites (N-methyl/N-ethyl adjacent to an activating group) is 1. The second-order valence-corrected chi connectivity index (χ2v) is 8.34. The highest BCUT2D eigenvalue weighted by Crippen LogP contribution is 2.29. The minimum atomic E-state index is -0.0839. The van der Waals surface area contributed by atoms with Crippen molar-refractivity contribution < 1.29 is 9.53 Å². The fourth-order valence-electron chi connectivity index (χ4n) is 3.56.